The van der Waals surface area contributed by atoms with Crippen molar-refractivity contribution in [1.82, 2.24) is 14.8 Å². The van der Waals surface area contributed by atoms with Gasteiger partial charge in [0.2, 0.25) is 11.8 Å². The number of carbonyl (C=O) groups is 2. The number of ether oxygens (including phenoxy) is 1. The second-order valence-electron chi connectivity index (χ2n) is 8.96. The molecular formula is C25H32ClN3O3S. The van der Waals surface area contributed by atoms with Crippen LogP contribution in [0.15, 0.2) is 29.6 Å². The number of rotatable bonds is 8. The molecule has 1 saturated heterocycles. The van der Waals surface area contributed by atoms with Crippen LogP contribution in [-0.4, -0.2) is 52.8 Å². The van der Waals surface area contributed by atoms with E-state index >= 15 is 0 Å². The van der Waals surface area contributed by atoms with Crippen LogP contribution >= 0.6 is 22.9 Å². The summed E-state index contributed by atoms with van der Waals surface area (Å²) >= 11 is 7.39. The lowest BCUT2D eigenvalue weighted by Gasteiger charge is -2.35. The molecule has 6 nitrogen and oxygen atoms in total. The monoisotopic (exact) mass is 489 g/mol. The third kappa shape index (κ3) is 7.18. The number of hydrogen-bond acceptors (Lipinski definition) is 5. The highest BCUT2D eigenvalue weighted by atomic mass is 35.5. The van der Waals surface area contributed by atoms with Gasteiger partial charge in [-0.05, 0) is 36.6 Å². The summed E-state index contributed by atoms with van der Waals surface area (Å²) in [6, 6.07) is 7.21. The molecule has 0 atom stereocenters. The van der Waals surface area contributed by atoms with Gasteiger partial charge in [0.15, 0.2) is 0 Å². The molecule has 2 fully saturated rings. The van der Waals surface area contributed by atoms with Crippen LogP contribution in [0.25, 0.3) is 0 Å². The lowest BCUT2D eigenvalue weighted by molar-refractivity contribution is -0.139. The average Bonchev–Trinajstić information content (AvgIpc) is 3.30. The summed E-state index contributed by atoms with van der Waals surface area (Å²) in [5.41, 5.74) is 0.769. The second-order valence-corrected chi connectivity index (χ2v) is 10.3. The third-order valence-electron chi connectivity index (χ3n) is 6.58. The van der Waals surface area contributed by atoms with Gasteiger partial charge in [0, 0.05) is 43.0 Å². The molecule has 2 aromatic rings. The van der Waals surface area contributed by atoms with Gasteiger partial charge >= 0.3 is 0 Å². The Bertz CT molecular complexity index is 919. The van der Waals surface area contributed by atoms with Crippen molar-refractivity contribution in [2.75, 3.05) is 26.2 Å². The Morgan fingerprint density at radius 2 is 1.67 bits per heavy atom. The number of nitrogens with zero attached hydrogens (tertiary/aromatic N) is 3. The first kappa shape index (κ1) is 24.0. The van der Waals surface area contributed by atoms with Gasteiger partial charge < -0.3 is 14.5 Å². The summed E-state index contributed by atoms with van der Waals surface area (Å²) in [5, 5.41) is 3.42. The summed E-state index contributed by atoms with van der Waals surface area (Å²) < 4.78 is 5.73. The number of amides is 2. The maximum Gasteiger partial charge on any atom is 0.228 e. The number of aromatic nitrogens is 1. The molecular weight excluding hydrogens is 458 g/mol. The van der Waals surface area contributed by atoms with Crippen molar-refractivity contribution < 1.29 is 14.3 Å². The molecule has 2 aliphatic rings. The maximum absolute atomic E-state index is 12.7. The van der Waals surface area contributed by atoms with Gasteiger partial charge in [0.25, 0.3) is 0 Å². The van der Waals surface area contributed by atoms with E-state index in [1.165, 1.54) is 43.4 Å². The Labute approximate surface area is 204 Å². The summed E-state index contributed by atoms with van der Waals surface area (Å²) in [6.45, 7) is 2.83. The van der Waals surface area contributed by atoms with Crippen LogP contribution in [0.1, 0.15) is 55.6 Å². The van der Waals surface area contributed by atoms with Gasteiger partial charge in [-0.2, -0.15) is 0 Å². The predicted molar refractivity (Wildman–Crippen MR) is 131 cm³/mol. The van der Waals surface area contributed by atoms with Gasteiger partial charge in [0.1, 0.15) is 17.4 Å². The number of piperazine rings is 1. The van der Waals surface area contributed by atoms with Gasteiger partial charge in [0.05, 0.1) is 12.1 Å². The van der Waals surface area contributed by atoms with Crippen molar-refractivity contribution in [3.63, 3.8) is 0 Å². The average molecular weight is 490 g/mol. The summed E-state index contributed by atoms with van der Waals surface area (Å²) in [5.74, 6) is 1.78. The third-order valence-corrected chi connectivity index (χ3v) is 7.71. The predicted octanol–water partition coefficient (Wildman–Crippen LogP) is 4.95. The molecule has 2 amide bonds. The van der Waals surface area contributed by atoms with E-state index < -0.39 is 0 Å². The Morgan fingerprint density at radius 1 is 1.00 bits per heavy atom. The molecule has 2 heterocycles. The first-order chi connectivity index (χ1) is 16.1. The van der Waals surface area contributed by atoms with E-state index in [2.05, 4.69) is 4.98 Å². The Morgan fingerprint density at radius 3 is 2.36 bits per heavy atom. The van der Waals surface area contributed by atoms with Crippen molar-refractivity contribution >= 4 is 34.8 Å². The highest BCUT2D eigenvalue weighted by Crippen LogP contribution is 2.27. The lowest BCUT2D eigenvalue weighted by atomic mass is 9.86. The van der Waals surface area contributed by atoms with E-state index in [0.717, 1.165) is 28.8 Å². The summed E-state index contributed by atoms with van der Waals surface area (Å²) in [6.07, 6.45) is 8.49. The standard InChI is InChI=1S/C25H32ClN3O3S/c26-20-7-9-22(10-8-20)32-17-23-27-21(18-33-23)16-25(31)29-14-12-28(13-15-29)24(30)11-6-19-4-2-1-3-5-19/h7-10,18-19H,1-6,11-17H2. The quantitative estimate of drug-likeness (QED) is 0.526. The molecule has 0 N–H and O–H groups in total. The summed E-state index contributed by atoms with van der Waals surface area (Å²) in [7, 11) is 0. The molecule has 4 rings (SSSR count). The zero-order valence-electron chi connectivity index (χ0n) is 19.0. The molecule has 1 saturated carbocycles. The van der Waals surface area contributed by atoms with Crippen LogP contribution in [-0.2, 0) is 22.6 Å². The van der Waals surface area contributed by atoms with E-state index in [1.54, 1.807) is 12.1 Å². The van der Waals surface area contributed by atoms with Crippen molar-refractivity contribution in [2.45, 2.75) is 58.0 Å². The maximum atomic E-state index is 12.7. The van der Waals surface area contributed by atoms with E-state index in [0.29, 0.717) is 44.2 Å². The zero-order chi connectivity index (χ0) is 23.0. The zero-order valence-corrected chi connectivity index (χ0v) is 20.6. The van der Waals surface area contributed by atoms with Crippen LogP contribution in [0, 0.1) is 5.92 Å². The molecule has 0 radical (unpaired) electrons. The molecule has 8 heteroatoms. The van der Waals surface area contributed by atoms with Gasteiger partial charge in [-0.25, -0.2) is 4.98 Å². The Kier molecular flexibility index (Phi) is 8.62. The van der Waals surface area contributed by atoms with Gasteiger partial charge in [-0.15, -0.1) is 11.3 Å². The van der Waals surface area contributed by atoms with E-state index in [-0.39, 0.29) is 18.2 Å². The number of thiazole rings is 1. The highest BCUT2D eigenvalue weighted by Gasteiger charge is 2.25. The minimum atomic E-state index is 0.0692. The fraction of sp³-hybridized carbons (Fsp3) is 0.560. The fourth-order valence-corrected chi connectivity index (χ4v) is 5.44. The normalized spacial score (nSPS) is 17.2. The van der Waals surface area contributed by atoms with Crippen molar-refractivity contribution in [3.05, 3.63) is 45.4 Å². The van der Waals surface area contributed by atoms with Crippen molar-refractivity contribution in [3.8, 4) is 5.75 Å². The molecule has 1 aliphatic heterocycles. The van der Waals surface area contributed by atoms with Crippen LogP contribution in [0.4, 0.5) is 0 Å². The van der Waals surface area contributed by atoms with E-state index in [1.807, 2.05) is 27.3 Å². The van der Waals surface area contributed by atoms with E-state index in [9.17, 15) is 9.59 Å². The minimum Gasteiger partial charge on any atom is -0.486 e. The lowest BCUT2D eigenvalue weighted by Crippen LogP contribution is -2.51. The second kappa shape index (κ2) is 11.8. The molecule has 0 spiro atoms. The van der Waals surface area contributed by atoms with Crippen LogP contribution < -0.4 is 4.74 Å². The van der Waals surface area contributed by atoms with Crippen LogP contribution in [0.3, 0.4) is 0 Å². The number of carbonyl (C=O) groups excluding carboxylic acids is 2. The van der Waals surface area contributed by atoms with Crippen molar-refractivity contribution in [1.29, 1.82) is 0 Å². The number of hydrogen-bond donors (Lipinski definition) is 0. The first-order valence-electron chi connectivity index (χ1n) is 11.9. The largest absolute Gasteiger partial charge is 0.486 e. The molecule has 0 bridgehead atoms. The molecule has 1 aliphatic carbocycles. The number of benzene rings is 1. The molecule has 1 aromatic carbocycles. The molecule has 33 heavy (non-hydrogen) atoms. The molecule has 1 aromatic heterocycles. The van der Waals surface area contributed by atoms with Crippen LogP contribution in [0.2, 0.25) is 5.02 Å². The smallest absolute Gasteiger partial charge is 0.228 e. The highest BCUT2D eigenvalue weighted by molar-refractivity contribution is 7.09. The Hall–Kier alpha value is -2.12. The van der Waals surface area contributed by atoms with Gasteiger partial charge in [-0.1, -0.05) is 43.7 Å². The molecule has 0 unspecified atom stereocenters. The van der Waals surface area contributed by atoms with Crippen LogP contribution in [0.5, 0.6) is 5.75 Å². The SMILES string of the molecule is O=C(CCC1CCCCC1)N1CCN(C(=O)Cc2csc(COc3ccc(Cl)cc3)n2)CC1. The summed E-state index contributed by atoms with van der Waals surface area (Å²) in [4.78, 5) is 33.7. The topological polar surface area (TPSA) is 62.7 Å². The van der Waals surface area contributed by atoms with Gasteiger partial charge in [-0.3, -0.25) is 9.59 Å². The van der Waals surface area contributed by atoms with E-state index in [4.69, 9.17) is 16.3 Å². The minimum absolute atomic E-state index is 0.0692. The Balaban J connectivity index is 1.17. The van der Waals surface area contributed by atoms with Crippen molar-refractivity contribution in [2.24, 2.45) is 5.92 Å². The number of halogens is 1. The molecule has 178 valence electrons. The first-order valence-corrected chi connectivity index (χ1v) is 13.2. The fourth-order valence-electron chi connectivity index (χ4n) is 4.61.